The molecule has 278 valence electrons. The van der Waals surface area contributed by atoms with E-state index in [1.807, 2.05) is 103 Å². The van der Waals surface area contributed by atoms with Gasteiger partial charge in [0.25, 0.3) is 0 Å². The number of carbonyl (C=O) groups is 1. The molecule has 2 aromatic carbocycles. The number of rotatable bonds is 8. The number of thiazole rings is 1. The molecule has 7 rings (SSSR count). The number of ether oxygens (including phenoxy) is 1. The molecule has 0 bridgehead atoms. The van der Waals surface area contributed by atoms with Crippen LogP contribution in [0.4, 0.5) is 28.3 Å². The van der Waals surface area contributed by atoms with Crippen molar-refractivity contribution in [3.8, 4) is 0 Å². The van der Waals surface area contributed by atoms with E-state index < -0.39 is 11.7 Å². The summed E-state index contributed by atoms with van der Waals surface area (Å²) in [6.07, 6.45) is -0.432. The molecule has 0 unspecified atom stereocenters. The molecule has 0 aliphatic heterocycles. The van der Waals surface area contributed by atoms with Crippen molar-refractivity contribution in [2.75, 3.05) is 22.1 Å². The number of anilines is 4. The summed E-state index contributed by atoms with van der Waals surface area (Å²) in [5.41, 5.74) is 19.8. The minimum Gasteiger partial charge on any atom is -0.444 e. The van der Waals surface area contributed by atoms with E-state index in [-0.39, 0.29) is 0 Å². The van der Waals surface area contributed by atoms with E-state index in [9.17, 15) is 4.79 Å². The van der Waals surface area contributed by atoms with Crippen LogP contribution in [0, 0.1) is 27.7 Å². The Morgan fingerprint density at radius 2 is 1.20 bits per heavy atom. The molecule has 0 saturated heterocycles. The van der Waals surface area contributed by atoms with E-state index in [0.29, 0.717) is 54.5 Å². The number of fused-ring (bicyclic) bond motifs is 3. The topological polar surface area (TPSA) is 205 Å². The smallest absolute Gasteiger partial charge is 0.407 e. The van der Waals surface area contributed by atoms with Gasteiger partial charge in [0, 0.05) is 24.5 Å². The second kappa shape index (κ2) is 15.8. The number of nitrogens with one attached hydrogen (secondary N) is 3. The van der Waals surface area contributed by atoms with Gasteiger partial charge in [0.05, 0.1) is 27.5 Å². The van der Waals surface area contributed by atoms with Gasteiger partial charge >= 0.3 is 6.09 Å². The molecule has 0 saturated carbocycles. The van der Waals surface area contributed by atoms with Crippen LogP contribution >= 0.6 is 11.3 Å². The van der Waals surface area contributed by atoms with Gasteiger partial charge in [-0.25, -0.2) is 19.7 Å². The Balaban J connectivity index is 0.000000188. The maximum Gasteiger partial charge on any atom is 0.407 e. The van der Waals surface area contributed by atoms with Gasteiger partial charge in [0.2, 0.25) is 11.9 Å². The van der Waals surface area contributed by atoms with Crippen molar-refractivity contribution in [2.45, 2.75) is 73.7 Å². The van der Waals surface area contributed by atoms with E-state index in [0.717, 1.165) is 54.9 Å². The fourth-order valence-corrected chi connectivity index (χ4v) is 6.68. The van der Waals surface area contributed by atoms with Gasteiger partial charge in [0.1, 0.15) is 22.2 Å². The number of aromatic nitrogens is 7. The van der Waals surface area contributed by atoms with Crippen LogP contribution in [0.15, 0.2) is 60.7 Å². The van der Waals surface area contributed by atoms with E-state index in [4.69, 9.17) is 16.2 Å². The van der Waals surface area contributed by atoms with Crippen LogP contribution in [0.2, 0.25) is 0 Å². The molecule has 7 N–H and O–H groups in total. The lowest BCUT2D eigenvalue weighted by Crippen LogP contribution is -2.32. The number of alkyl carbamates (subject to hydrolysis) is 1. The third kappa shape index (κ3) is 9.41. The summed E-state index contributed by atoms with van der Waals surface area (Å²) in [5, 5.41) is 11.7. The monoisotopic (exact) mass is 744 g/mol. The molecule has 0 atom stereocenters. The molecule has 0 aliphatic carbocycles. The third-order valence-corrected chi connectivity index (χ3v) is 9.12. The van der Waals surface area contributed by atoms with Gasteiger partial charge in [-0.05, 0) is 95.0 Å². The normalized spacial score (nSPS) is 11.3. The van der Waals surface area contributed by atoms with Gasteiger partial charge < -0.3 is 32.2 Å². The van der Waals surface area contributed by atoms with Crippen molar-refractivity contribution in [1.29, 1.82) is 0 Å². The first-order valence-corrected chi connectivity index (χ1v) is 18.2. The molecule has 7 aromatic rings. The lowest BCUT2D eigenvalue weighted by molar-refractivity contribution is 0.0523. The van der Waals surface area contributed by atoms with Gasteiger partial charge in [-0.1, -0.05) is 36.4 Å². The summed E-state index contributed by atoms with van der Waals surface area (Å²) in [6.45, 7) is 14.8. The van der Waals surface area contributed by atoms with Gasteiger partial charge in [-0.2, -0.15) is 19.9 Å². The molecule has 0 fully saturated rings. The zero-order chi connectivity index (χ0) is 38.6. The Bertz CT molecular complexity index is 2430. The largest absolute Gasteiger partial charge is 0.444 e. The number of pyridine rings is 2. The van der Waals surface area contributed by atoms with Crippen LogP contribution in [0.1, 0.15) is 59.4 Å². The van der Waals surface area contributed by atoms with Gasteiger partial charge in [-0.3, -0.25) is 0 Å². The summed E-state index contributed by atoms with van der Waals surface area (Å²) < 4.78 is 6.40. The van der Waals surface area contributed by atoms with E-state index in [1.165, 1.54) is 4.70 Å². The molecule has 0 aliphatic rings. The summed E-state index contributed by atoms with van der Waals surface area (Å²) in [7, 11) is 0. The first-order chi connectivity index (χ1) is 25.7. The van der Waals surface area contributed by atoms with Crippen LogP contribution < -0.4 is 27.4 Å². The Morgan fingerprint density at radius 3 is 1.74 bits per heavy atom. The average molecular weight is 745 g/mol. The Hall–Kier alpha value is -6.22. The van der Waals surface area contributed by atoms with Crippen molar-refractivity contribution in [3.05, 3.63) is 99.3 Å². The van der Waals surface area contributed by atoms with E-state index >= 15 is 0 Å². The zero-order valence-corrected chi connectivity index (χ0v) is 32.2. The number of para-hydroxylation sites is 1. The standard InChI is InChI=1S/C22H28N6O2.C17H16N6S/c1-13-10-14(2)26-19-17(13)18(23)27-20(28-19)24-11-15-6-8-16(9-7-15)12-25-21(29)30-22(3,4)5;1-9-7-10(2)20-16-14(9)15(18)22-17(23-16)19-8-13-21-11-5-3-4-6-12(11)24-13/h6-10H,11-12H2,1-5H3,(H,25,29)(H3,23,24,26,27,28);3-7H,8H2,1-2H3,(H3,18,19,20,22,23). The quantitative estimate of drug-likeness (QED) is 0.104. The summed E-state index contributed by atoms with van der Waals surface area (Å²) >= 11 is 1.65. The zero-order valence-electron chi connectivity index (χ0n) is 31.4. The number of nitrogens with two attached hydrogens (primary N) is 2. The minimum absolute atomic E-state index is 0.400. The Morgan fingerprint density at radius 1 is 0.685 bits per heavy atom. The lowest BCUT2D eigenvalue weighted by Gasteiger charge is -2.19. The number of amides is 1. The number of nitrogens with zero attached hydrogens (tertiary/aromatic N) is 7. The molecule has 15 heteroatoms. The fourth-order valence-electron chi connectivity index (χ4n) is 5.77. The highest BCUT2D eigenvalue weighted by molar-refractivity contribution is 7.18. The second-order valence-corrected chi connectivity index (χ2v) is 15.0. The van der Waals surface area contributed by atoms with Crippen LogP contribution in [0.25, 0.3) is 32.3 Å². The summed E-state index contributed by atoms with van der Waals surface area (Å²) in [5.74, 6) is 1.76. The summed E-state index contributed by atoms with van der Waals surface area (Å²) in [6, 6.07) is 19.9. The molecule has 54 heavy (non-hydrogen) atoms. The maximum atomic E-state index is 11.7. The van der Waals surface area contributed by atoms with Crippen LogP contribution in [-0.2, 0) is 24.4 Å². The Kier molecular flexibility index (Phi) is 11.0. The number of hydrogen-bond donors (Lipinski definition) is 5. The molecular formula is C39H44N12O2S. The average Bonchev–Trinajstić information content (AvgIpc) is 3.51. The second-order valence-electron chi connectivity index (χ2n) is 13.9. The van der Waals surface area contributed by atoms with Gasteiger partial charge in [-0.15, -0.1) is 11.3 Å². The third-order valence-electron chi connectivity index (χ3n) is 8.09. The highest BCUT2D eigenvalue weighted by Gasteiger charge is 2.16. The highest BCUT2D eigenvalue weighted by atomic mass is 32.1. The van der Waals surface area contributed by atoms with Crippen LogP contribution in [-0.4, -0.2) is 46.6 Å². The number of nitrogen functional groups attached to an aromatic ring is 2. The lowest BCUT2D eigenvalue weighted by atomic mass is 10.1. The van der Waals surface area contributed by atoms with Crippen molar-refractivity contribution in [3.63, 3.8) is 0 Å². The number of benzene rings is 2. The fraction of sp³-hybridized carbons (Fsp3) is 0.282. The SMILES string of the molecule is Cc1cc(C)c2c(N)nc(NCc3ccc(CNC(=O)OC(C)(C)C)cc3)nc2n1.Cc1cc(C)c2c(N)nc(NCc3nc4ccccc4s3)nc2n1. The number of carbonyl (C=O) groups excluding carboxylic acids is 1. The minimum atomic E-state index is -0.513. The van der Waals surface area contributed by atoms with Crippen molar-refractivity contribution < 1.29 is 9.53 Å². The van der Waals surface area contributed by atoms with Crippen LogP contribution in [0.3, 0.4) is 0 Å². The van der Waals surface area contributed by atoms with Gasteiger partial charge in [0.15, 0.2) is 11.3 Å². The molecule has 0 radical (unpaired) electrons. The van der Waals surface area contributed by atoms with Crippen molar-refractivity contribution in [2.24, 2.45) is 0 Å². The summed E-state index contributed by atoms with van der Waals surface area (Å²) in [4.78, 5) is 43.0. The molecule has 1 amide bonds. The number of aryl methyl sites for hydroxylation is 4. The molecule has 5 heterocycles. The highest BCUT2D eigenvalue weighted by Crippen LogP contribution is 2.25. The first kappa shape index (κ1) is 37.5. The Labute approximate surface area is 317 Å². The van der Waals surface area contributed by atoms with E-state index in [2.05, 4.69) is 56.9 Å². The number of hydrogen-bond acceptors (Lipinski definition) is 14. The predicted molar refractivity (Wildman–Crippen MR) is 216 cm³/mol. The molecule has 5 aromatic heterocycles. The molecule has 14 nitrogen and oxygen atoms in total. The first-order valence-electron chi connectivity index (χ1n) is 17.4. The predicted octanol–water partition coefficient (Wildman–Crippen LogP) is 7.31. The molecular weight excluding hydrogens is 701 g/mol. The van der Waals surface area contributed by atoms with E-state index in [1.54, 1.807) is 11.3 Å². The van der Waals surface area contributed by atoms with Crippen LogP contribution in [0.5, 0.6) is 0 Å². The molecule has 0 spiro atoms. The van der Waals surface area contributed by atoms with Crippen molar-refractivity contribution >= 4 is 73.2 Å². The van der Waals surface area contributed by atoms with Crippen molar-refractivity contribution in [1.82, 2.24) is 40.2 Å². The maximum absolute atomic E-state index is 11.7.